The van der Waals surface area contributed by atoms with Crippen LogP contribution in [0.25, 0.3) is 11.1 Å². The minimum atomic E-state index is -2.01. The van der Waals surface area contributed by atoms with Gasteiger partial charge in [-0.05, 0) is 98.3 Å². The van der Waals surface area contributed by atoms with Crippen molar-refractivity contribution >= 4 is 11.7 Å². The highest BCUT2D eigenvalue weighted by Gasteiger charge is 2.59. The van der Waals surface area contributed by atoms with E-state index in [0.29, 0.717) is 24.7 Å². The average molecular weight is 616 g/mol. The Morgan fingerprint density at radius 1 is 1.04 bits per heavy atom. The molecule has 1 heterocycles. The average Bonchev–Trinajstić information content (AvgIpc) is 2.91. The third-order valence-corrected chi connectivity index (χ3v) is 10.6. The molecular weight excluding hydrogens is 570 g/mol. The van der Waals surface area contributed by atoms with Gasteiger partial charge in [-0.2, -0.15) is 0 Å². The maximum absolute atomic E-state index is 14.2. The number of aromatic hydroxyl groups is 1. The van der Waals surface area contributed by atoms with Gasteiger partial charge in [-0.3, -0.25) is 19.4 Å². The Morgan fingerprint density at radius 2 is 1.73 bits per heavy atom. The van der Waals surface area contributed by atoms with E-state index >= 15 is 0 Å². The second-order valence-corrected chi connectivity index (χ2v) is 14.4. The number of likely N-dealkylation sites (N-methyl/N-ethyl adjacent to an activating group) is 1. The number of piperidine rings is 1. The van der Waals surface area contributed by atoms with E-state index in [2.05, 4.69) is 30.9 Å². The molecule has 0 aromatic heterocycles. The number of benzene rings is 2. The molecular formula is C36H45N3O6. The van der Waals surface area contributed by atoms with Gasteiger partial charge in [0.15, 0.2) is 5.78 Å². The second kappa shape index (κ2) is 11.3. The lowest BCUT2D eigenvalue weighted by molar-refractivity contribution is -0.120. The number of primary amides is 1. The minimum absolute atomic E-state index is 0.140. The number of phenols is 1. The fraction of sp³-hybridized carbons (Fsp3) is 0.500. The number of nitrogens with two attached hydrogens (primary N) is 1. The number of allylic oxidation sites excluding steroid dienone is 1. The molecule has 9 nitrogen and oxygen atoms in total. The molecule has 3 aliphatic carbocycles. The van der Waals surface area contributed by atoms with Crippen molar-refractivity contribution in [2.24, 2.45) is 35.3 Å². The van der Waals surface area contributed by atoms with Crippen LogP contribution in [0, 0.1) is 29.6 Å². The number of rotatable bonds is 5. The van der Waals surface area contributed by atoms with Gasteiger partial charge in [0.25, 0.3) is 5.91 Å². The van der Waals surface area contributed by atoms with Crippen LogP contribution >= 0.6 is 0 Å². The summed E-state index contributed by atoms with van der Waals surface area (Å²) < 4.78 is 0. The molecule has 0 spiro atoms. The molecule has 0 saturated carbocycles. The van der Waals surface area contributed by atoms with Crippen LogP contribution < -0.4 is 5.73 Å². The van der Waals surface area contributed by atoms with E-state index in [9.17, 15) is 30.0 Å². The number of nitrogens with zero attached hydrogens (tertiary/aromatic N) is 2. The van der Waals surface area contributed by atoms with Gasteiger partial charge < -0.3 is 26.2 Å². The zero-order chi connectivity index (χ0) is 32.5. The number of hydrogen-bond acceptors (Lipinski definition) is 8. The van der Waals surface area contributed by atoms with Gasteiger partial charge in [-0.15, -0.1) is 0 Å². The molecule has 4 aliphatic rings. The maximum Gasteiger partial charge on any atom is 0.251 e. The van der Waals surface area contributed by atoms with Crippen molar-refractivity contribution in [2.45, 2.75) is 58.2 Å². The van der Waals surface area contributed by atoms with Crippen molar-refractivity contribution in [2.75, 3.05) is 27.2 Å². The van der Waals surface area contributed by atoms with Crippen molar-refractivity contribution in [1.82, 2.24) is 9.80 Å². The summed E-state index contributed by atoms with van der Waals surface area (Å²) >= 11 is 0. The van der Waals surface area contributed by atoms with Crippen molar-refractivity contribution in [3.63, 3.8) is 0 Å². The van der Waals surface area contributed by atoms with Gasteiger partial charge in [0.1, 0.15) is 22.9 Å². The van der Waals surface area contributed by atoms with Crippen LogP contribution in [0.15, 0.2) is 59.1 Å². The van der Waals surface area contributed by atoms with Crippen LogP contribution in [0.3, 0.4) is 0 Å². The van der Waals surface area contributed by atoms with Gasteiger partial charge in [0, 0.05) is 25.2 Å². The smallest absolute Gasteiger partial charge is 0.251 e. The lowest BCUT2D eigenvalue weighted by atomic mass is 9.56. The number of fused-ring (bicyclic) bond motifs is 3. The molecule has 2 aromatic rings. The zero-order valence-corrected chi connectivity index (χ0v) is 26.7. The maximum atomic E-state index is 14.2. The summed E-state index contributed by atoms with van der Waals surface area (Å²) in [4.78, 5) is 30.9. The first-order valence-corrected chi connectivity index (χ1v) is 16.0. The summed E-state index contributed by atoms with van der Waals surface area (Å²) in [5, 5.41) is 45.6. The standard InChI is InChI=1S/C36H45N3O6/c1-18-11-19(2)16-39(15-18)17-20-7-6-8-21(12-20)23-9-10-26(40)28-24(23)13-22-14-25-29(33(42)27(22)32(28)41)36(3,45)30(35(37)44)34(43)31(25)38(4)5/h6-10,12,18-19,22,25,29,31,40,42-43,45H,11,13-17H2,1-5H3,(H2,37,44)/t18?,19?,22?,25?,29?,31-,36?/m0/s1. The van der Waals surface area contributed by atoms with Gasteiger partial charge in [-0.1, -0.05) is 38.1 Å². The molecule has 6 rings (SSSR count). The van der Waals surface area contributed by atoms with Gasteiger partial charge >= 0.3 is 0 Å². The quantitative estimate of drug-likeness (QED) is 0.334. The number of carbonyl (C=O) groups is 2. The number of aliphatic hydroxyl groups is 3. The Bertz CT molecular complexity index is 1610. The lowest BCUT2D eigenvalue weighted by Gasteiger charge is -2.52. The summed E-state index contributed by atoms with van der Waals surface area (Å²) in [5.74, 6) is -2.95. The molecule has 1 aliphatic heterocycles. The summed E-state index contributed by atoms with van der Waals surface area (Å²) in [7, 11) is 3.51. The summed E-state index contributed by atoms with van der Waals surface area (Å²) in [6.07, 6.45) is 1.99. The number of amides is 1. The Balaban J connectivity index is 1.41. The van der Waals surface area contributed by atoms with Crippen LogP contribution in [0.1, 0.15) is 55.1 Å². The highest BCUT2D eigenvalue weighted by atomic mass is 16.3. The Kier molecular flexibility index (Phi) is 7.86. The van der Waals surface area contributed by atoms with E-state index < -0.39 is 41.1 Å². The predicted octanol–water partition coefficient (Wildman–Crippen LogP) is 4.33. The third-order valence-electron chi connectivity index (χ3n) is 10.6. The van der Waals surface area contributed by atoms with Crippen molar-refractivity contribution in [3.05, 3.63) is 75.8 Å². The first-order valence-electron chi connectivity index (χ1n) is 16.0. The van der Waals surface area contributed by atoms with Crippen LogP contribution in [0.4, 0.5) is 0 Å². The second-order valence-electron chi connectivity index (χ2n) is 14.4. The molecule has 9 heteroatoms. The third kappa shape index (κ3) is 5.15. The molecule has 45 heavy (non-hydrogen) atoms. The normalized spacial score (nSPS) is 31.9. The fourth-order valence-corrected chi connectivity index (χ4v) is 9.18. The van der Waals surface area contributed by atoms with Gasteiger partial charge in [0.2, 0.25) is 0 Å². The highest BCUT2D eigenvalue weighted by Crippen LogP contribution is 2.55. The molecule has 6 N–H and O–H groups in total. The number of aliphatic hydroxyl groups excluding tert-OH is 2. The molecule has 2 aromatic carbocycles. The molecule has 6 unspecified atom stereocenters. The number of likely N-dealkylation sites (tertiary alicyclic amines) is 1. The predicted molar refractivity (Wildman–Crippen MR) is 171 cm³/mol. The Hall–Kier alpha value is -3.66. The Morgan fingerprint density at radius 3 is 2.38 bits per heavy atom. The van der Waals surface area contributed by atoms with E-state index in [1.807, 2.05) is 18.2 Å². The zero-order valence-electron chi connectivity index (χ0n) is 26.7. The van der Waals surface area contributed by atoms with Gasteiger partial charge in [-0.25, -0.2) is 0 Å². The SMILES string of the molecule is CC1CC(C)CN(Cc2cccc(-c3ccc(O)c4c3CC3CC5C(C(O)=C3C4=O)C(C)(O)C(C(N)=O)=C(O)[C@H]5N(C)C)c2)C1. The van der Waals surface area contributed by atoms with Crippen molar-refractivity contribution in [3.8, 4) is 16.9 Å². The van der Waals surface area contributed by atoms with Crippen LogP contribution in [-0.4, -0.2) is 80.7 Å². The Labute approximate surface area is 264 Å². The lowest BCUT2D eigenvalue weighted by Crippen LogP contribution is -2.59. The van der Waals surface area contributed by atoms with E-state index in [0.717, 1.165) is 36.3 Å². The molecule has 7 atom stereocenters. The van der Waals surface area contributed by atoms with E-state index in [4.69, 9.17) is 5.73 Å². The molecule has 0 radical (unpaired) electrons. The highest BCUT2D eigenvalue weighted by molar-refractivity contribution is 6.14. The minimum Gasteiger partial charge on any atom is -0.511 e. The van der Waals surface area contributed by atoms with E-state index in [1.165, 1.54) is 25.0 Å². The number of ketones is 1. The van der Waals surface area contributed by atoms with Crippen LogP contribution in [-0.2, 0) is 17.8 Å². The van der Waals surface area contributed by atoms with Crippen molar-refractivity contribution < 1.29 is 30.0 Å². The van der Waals surface area contributed by atoms with Crippen molar-refractivity contribution in [1.29, 1.82) is 0 Å². The topological polar surface area (TPSA) is 148 Å². The largest absolute Gasteiger partial charge is 0.511 e. The molecule has 240 valence electrons. The fourth-order valence-electron chi connectivity index (χ4n) is 9.18. The summed E-state index contributed by atoms with van der Waals surface area (Å²) in [6, 6.07) is 11.0. The van der Waals surface area contributed by atoms with Gasteiger partial charge in [0.05, 0.1) is 23.1 Å². The summed E-state index contributed by atoms with van der Waals surface area (Å²) in [6.45, 7) is 8.91. The van der Waals surface area contributed by atoms with Crippen LogP contribution in [0.2, 0.25) is 0 Å². The number of hydrogen-bond donors (Lipinski definition) is 5. The number of Topliss-reactive ketones (excluding diaryl/α,β-unsaturated/α-hetero) is 1. The molecule has 1 fully saturated rings. The van der Waals surface area contributed by atoms with Crippen LogP contribution in [0.5, 0.6) is 5.75 Å². The monoisotopic (exact) mass is 615 g/mol. The molecule has 0 bridgehead atoms. The van der Waals surface area contributed by atoms with E-state index in [1.54, 1.807) is 19.0 Å². The summed E-state index contributed by atoms with van der Waals surface area (Å²) in [5.41, 5.74) is 7.25. The first-order chi connectivity index (χ1) is 21.2. The molecule has 1 saturated heterocycles. The number of carbonyl (C=O) groups excluding carboxylic acids is 2. The van der Waals surface area contributed by atoms with E-state index in [-0.39, 0.29) is 34.0 Å². The first kappa shape index (κ1) is 31.3. The molecule has 1 amide bonds. The number of phenolic OH excluding ortho intramolecular Hbond substituents is 1.